The Morgan fingerprint density at radius 1 is 1.07 bits per heavy atom. The van der Waals surface area contributed by atoms with Gasteiger partial charge in [0.2, 0.25) is 5.91 Å². The molecule has 2 aromatic carbocycles. The van der Waals surface area contributed by atoms with E-state index in [0.717, 1.165) is 29.3 Å². The monoisotopic (exact) mass is 528 g/mol. The number of sulfonamides is 1. The van der Waals surface area contributed by atoms with Gasteiger partial charge in [0.15, 0.2) is 0 Å². The van der Waals surface area contributed by atoms with Crippen molar-refractivity contribution in [2.45, 2.75) is 44.4 Å². The molecule has 0 unspecified atom stereocenters. The van der Waals surface area contributed by atoms with E-state index in [-0.39, 0.29) is 17.3 Å². The van der Waals surface area contributed by atoms with Crippen molar-refractivity contribution < 1.29 is 13.2 Å². The third-order valence-corrected chi connectivity index (χ3v) is 7.37. The van der Waals surface area contributed by atoms with E-state index in [9.17, 15) is 13.2 Å². The van der Waals surface area contributed by atoms with Crippen LogP contribution < -0.4 is 9.62 Å². The zero-order valence-electron chi connectivity index (χ0n) is 17.0. The molecule has 0 fully saturated rings. The average Bonchev–Trinajstić information content (AvgIpc) is 2.73. The summed E-state index contributed by atoms with van der Waals surface area (Å²) >= 11 is 2.17. The van der Waals surface area contributed by atoms with Gasteiger partial charge in [-0.3, -0.25) is 9.10 Å². The zero-order chi connectivity index (χ0) is 21.3. The molecular formula is C22H29IN2O3S. The van der Waals surface area contributed by atoms with Gasteiger partial charge < -0.3 is 5.32 Å². The molecule has 0 aliphatic carbocycles. The highest BCUT2D eigenvalue weighted by molar-refractivity contribution is 14.1. The second-order valence-electron chi connectivity index (χ2n) is 7.02. The Labute approximate surface area is 188 Å². The molecule has 0 bridgehead atoms. The lowest BCUT2D eigenvalue weighted by Crippen LogP contribution is -2.42. The van der Waals surface area contributed by atoms with Gasteiger partial charge in [0.1, 0.15) is 6.54 Å². The van der Waals surface area contributed by atoms with Gasteiger partial charge >= 0.3 is 0 Å². The fraction of sp³-hybridized carbons (Fsp3) is 0.409. The van der Waals surface area contributed by atoms with Crippen LogP contribution in [-0.2, 0) is 14.8 Å². The van der Waals surface area contributed by atoms with Crippen molar-refractivity contribution >= 4 is 44.2 Å². The molecule has 5 nitrogen and oxygen atoms in total. The first kappa shape index (κ1) is 23.7. The molecule has 2 rings (SSSR count). The molecule has 1 amide bonds. The first-order valence-corrected chi connectivity index (χ1v) is 12.5. The number of amides is 1. The molecule has 0 aliphatic heterocycles. The van der Waals surface area contributed by atoms with E-state index in [1.807, 2.05) is 12.1 Å². The number of anilines is 1. The van der Waals surface area contributed by atoms with Gasteiger partial charge in [-0.05, 0) is 71.3 Å². The summed E-state index contributed by atoms with van der Waals surface area (Å²) in [6.45, 7) is 4.59. The largest absolute Gasteiger partial charge is 0.354 e. The number of nitrogens with one attached hydrogen (secondary N) is 1. The van der Waals surface area contributed by atoms with Crippen molar-refractivity contribution in [1.29, 1.82) is 0 Å². The topological polar surface area (TPSA) is 66.5 Å². The lowest BCUT2D eigenvalue weighted by atomic mass is 9.99. The molecule has 0 radical (unpaired) electrons. The number of nitrogens with zero attached hydrogens (tertiary/aromatic N) is 1. The summed E-state index contributed by atoms with van der Waals surface area (Å²) in [5, 5.41) is 2.93. The summed E-state index contributed by atoms with van der Waals surface area (Å²) in [7, 11) is -3.85. The van der Waals surface area contributed by atoms with Crippen LogP contribution in [0.5, 0.6) is 0 Å². The highest BCUT2D eigenvalue weighted by Crippen LogP contribution is 2.24. The number of carbonyl (C=O) groups excluding carboxylic acids is 1. The van der Waals surface area contributed by atoms with Crippen molar-refractivity contribution in [3.63, 3.8) is 0 Å². The number of unbranched alkanes of at least 4 members (excludes halogenated alkanes) is 1. The van der Waals surface area contributed by atoms with E-state index >= 15 is 0 Å². The van der Waals surface area contributed by atoms with E-state index in [2.05, 4.69) is 41.8 Å². The second kappa shape index (κ2) is 11.5. The molecular weight excluding hydrogens is 499 g/mol. The first-order valence-electron chi connectivity index (χ1n) is 9.98. The molecule has 0 aliphatic rings. The Kier molecular flexibility index (Phi) is 9.42. The third kappa shape index (κ3) is 6.99. The van der Waals surface area contributed by atoms with Gasteiger partial charge in [-0.15, -0.1) is 0 Å². The minimum absolute atomic E-state index is 0.167. The molecule has 0 aromatic heterocycles. The summed E-state index contributed by atoms with van der Waals surface area (Å²) in [5.74, 6) is 0.120. The van der Waals surface area contributed by atoms with E-state index in [1.54, 1.807) is 42.5 Å². The normalized spacial score (nSPS) is 12.4. The zero-order valence-corrected chi connectivity index (χ0v) is 19.9. The molecule has 0 heterocycles. The molecule has 0 saturated carbocycles. The Morgan fingerprint density at radius 2 is 1.72 bits per heavy atom. The van der Waals surface area contributed by atoms with Crippen LogP contribution in [0.25, 0.3) is 0 Å². The summed E-state index contributed by atoms with van der Waals surface area (Å²) in [4.78, 5) is 12.8. The fourth-order valence-electron chi connectivity index (χ4n) is 3.03. The molecule has 158 valence electrons. The van der Waals surface area contributed by atoms with Gasteiger partial charge in [0.25, 0.3) is 10.0 Å². The van der Waals surface area contributed by atoms with Crippen LogP contribution in [0.4, 0.5) is 5.69 Å². The predicted octanol–water partition coefficient (Wildman–Crippen LogP) is 4.82. The van der Waals surface area contributed by atoms with Crippen molar-refractivity contribution in [2.24, 2.45) is 5.92 Å². The standard InChI is InChI=1S/C22H29IN2O3S/c1-3-5-9-18(4-2)16-24-22(26)17-25(20-14-12-19(23)13-15-20)29(27,28)21-10-7-6-8-11-21/h6-8,10-15,18H,3-5,9,16-17H2,1-2H3,(H,24,26)/t18-/m0/s1. The Bertz CT molecular complexity index is 871. The van der Waals surface area contributed by atoms with Crippen molar-refractivity contribution in [1.82, 2.24) is 5.32 Å². The van der Waals surface area contributed by atoms with E-state index in [0.29, 0.717) is 18.2 Å². The number of hydrogen-bond donors (Lipinski definition) is 1. The van der Waals surface area contributed by atoms with Gasteiger partial charge in [-0.25, -0.2) is 8.42 Å². The SMILES string of the molecule is CCCC[C@H](CC)CNC(=O)CN(c1ccc(I)cc1)S(=O)(=O)c1ccccc1. The number of hydrogen-bond acceptors (Lipinski definition) is 3. The van der Waals surface area contributed by atoms with Crippen LogP contribution in [0.3, 0.4) is 0 Å². The lowest BCUT2D eigenvalue weighted by Gasteiger charge is -2.25. The predicted molar refractivity (Wildman–Crippen MR) is 126 cm³/mol. The van der Waals surface area contributed by atoms with Crippen LogP contribution in [0, 0.1) is 9.49 Å². The van der Waals surface area contributed by atoms with Crippen molar-refractivity contribution in [3.8, 4) is 0 Å². The summed E-state index contributed by atoms with van der Waals surface area (Å²) in [5.41, 5.74) is 0.474. The minimum atomic E-state index is -3.85. The smallest absolute Gasteiger partial charge is 0.264 e. The summed E-state index contributed by atoms with van der Waals surface area (Å²) in [6.07, 6.45) is 4.31. The maximum absolute atomic E-state index is 13.2. The second-order valence-corrected chi connectivity index (χ2v) is 10.1. The molecule has 0 spiro atoms. The van der Waals surface area contributed by atoms with Gasteiger partial charge in [-0.1, -0.05) is 51.3 Å². The quantitative estimate of drug-likeness (QED) is 0.426. The highest BCUT2D eigenvalue weighted by atomic mass is 127. The van der Waals surface area contributed by atoms with Crippen LogP contribution in [0.2, 0.25) is 0 Å². The maximum atomic E-state index is 13.2. The summed E-state index contributed by atoms with van der Waals surface area (Å²) in [6, 6.07) is 15.3. The third-order valence-electron chi connectivity index (χ3n) is 4.86. The molecule has 0 saturated heterocycles. The highest BCUT2D eigenvalue weighted by Gasteiger charge is 2.27. The summed E-state index contributed by atoms with van der Waals surface area (Å²) < 4.78 is 28.6. The molecule has 29 heavy (non-hydrogen) atoms. The van der Waals surface area contributed by atoms with E-state index in [4.69, 9.17) is 0 Å². The number of halogens is 1. The first-order chi connectivity index (χ1) is 13.9. The molecule has 7 heteroatoms. The van der Waals surface area contributed by atoms with Gasteiger partial charge in [0.05, 0.1) is 10.6 Å². The minimum Gasteiger partial charge on any atom is -0.354 e. The van der Waals surface area contributed by atoms with Crippen LogP contribution in [0.15, 0.2) is 59.5 Å². The molecule has 1 atom stereocenters. The van der Waals surface area contributed by atoms with E-state index in [1.165, 1.54) is 4.31 Å². The Balaban J connectivity index is 2.20. The molecule has 2 aromatic rings. The van der Waals surface area contributed by atoms with Crippen molar-refractivity contribution in [2.75, 3.05) is 17.4 Å². The average molecular weight is 528 g/mol. The Hall–Kier alpha value is -1.61. The molecule has 1 N–H and O–H groups in total. The van der Waals surface area contributed by atoms with Crippen LogP contribution in [0.1, 0.15) is 39.5 Å². The number of rotatable bonds is 11. The number of benzene rings is 2. The van der Waals surface area contributed by atoms with Crippen molar-refractivity contribution in [3.05, 3.63) is 58.2 Å². The van der Waals surface area contributed by atoms with Crippen LogP contribution in [-0.4, -0.2) is 27.4 Å². The van der Waals surface area contributed by atoms with Gasteiger partial charge in [0, 0.05) is 10.1 Å². The maximum Gasteiger partial charge on any atom is 0.264 e. The van der Waals surface area contributed by atoms with E-state index < -0.39 is 10.0 Å². The van der Waals surface area contributed by atoms with Crippen LogP contribution >= 0.6 is 22.6 Å². The lowest BCUT2D eigenvalue weighted by molar-refractivity contribution is -0.119. The number of carbonyl (C=O) groups is 1. The van der Waals surface area contributed by atoms with Gasteiger partial charge in [-0.2, -0.15) is 0 Å². The fourth-order valence-corrected chi connectivity index (χ4v) is 4.83. The Morgan fingerprint density at radius 3 is 2.31 bits per heavy atom.